The van der Waals surface area contributed by atoms with E-state index in [0.29, 0.717) is 54.9 Å². The highest BCUT2D eigenvalue weighted by atomic mass is 32.1. The normalized spacial score (nSPS) is 14.5. The third kappa shape index (κ3) is 7.35. The van der Waals surface area contributed by atoms with Crippen LogP contribution in [0.3, 0.4) is 0 Å². The molecule has 0 radical (unpaired) electrons. The van der Waals surface area contributed by atoms with Gasteiger partial charge in [-0.15, -0.1) is 11.3 Å². The topological polar surface area (TPSA) is 73.7 Å². The molecule has 2 amide bonds. The summed E-state index contributed by atoms with van der Waals surface area (Å²) in [4.78, 5) is 35.8. The first-order chi connectivity index (χ1) is 23.2. The van der Waals surface area contributed by atoms with Gasteiger partial charge in [-0.2, -0.15) is 13.2 Å². The van der Waals surface area contributed by atoms with Gasteiger partial charge in [-0.1, -0.05) is 91.0 Å². The predicted octanol–water partition coefficient (Wildman–Crippen LogP) is 8.22. The van der Waals surface area contributed by atoms with Crippen molar-refractivity contribution < 1.29 is 27.9 Å². The van der Waals surface area contributed by atoms with Crippen LogP contribution in [-0.2, 0) is 12.7 Å². The number of likely N-dealkylation sites (tertiary alicyclic amines) is 1. The first kappa shape index (κ1) is 33.1. The van der Waals surface area contributed by atoms with Crippen molar-refractivity contribution in [3.05, 3.63) is 148 Å². The first-order valence-corrected chi connectivity index (χ1v) is 16.6. The van der Waals surface area contributed by atoms with E-state index < -0.39 is 17.8 Å². The molecule has 6 nitrogen and oxygen atoms in total. The lowest BCUT2D eigenvalue weighted by molar-refractivity contribution is -0.137. The van der Waals surface area contributed by atoms with Crippen molar-refractivity contribution in [3.8, 4) is 11.1 Å². The molecule has 2 heterocycles. The monoisotopic (exact) mass is 669 g/mol. The molecule has 48 heavy (non-hydrogen) atoms. The average molecular weight is 670 g/mol. The van der Waals surface area contributed by atoms with Gasteiger partial charge in [0.05, 0.1) is 23.2 Å². The average Bonchev–Trinajstić information content (AvgIpc) is 3.62. The van der Waals surface area contributed by atoms with Crippen LogP contribution < -0.4 is 0 Å². The van der Waals surface area contributed by atoms with E-state index in [1.165, 1.54) is 23.5 Å². The van der Waals surface area contributed by atoms with Gasteiger partial charge in [0, 0.05) is 36.5 Å². The Hall–Kier alpha value is -4.80. The van der Waals surface area contributed by atoms with E-state index in [-0.39, 0.29) is 24.3 Å². The van der Waals surface area contributed by atoms with Gasteiger partial charge < -0.3 is 14.9 Å². The molecular weight excluding hydrogens is 635 g/mol. The largest absolute Gasteiger partial charge is 0.416 e. The van der Waals surface area contributed by atoms with E-state index in [4.69, 9.17) is 4.98 Å². The smallest absolute Gasteiger partial charge is 0.394 e. The highest BCUT2D eigenvalue weighted by Crippen LogP contribution is 2.35. The van der Waals surface area contributed by atoms with Crippen LogP contribution in [0, 0.1) is 0 Å². The van der Waals surface area contributed by atoms with Crippen LogP contribution >= 0.6 is 11.3 Å². The minimum absolute atomic E-state index is 0.0658. The molecule has 4 aromatic carbocycles. The SMILES string of the molecule is O=C(c1ccccc1-c1ccc(C(F)(F)F)cc1)N1CCC(c2nc(C(=O)N(Cc3ccccc3)C(CO)c3ccccc3)cs2)CC1. The summed E-state index contributed by atoms with van der Waals surface area (Å²) >= 11 is 1.43. The Morgan fingerprint density at radius 1 is 0.875 bits per heavy atom. The first-order valence-electron chi connectivity index (χ1n) is 15.7. The molecule has 0 bridgehead atoms. The molecule has 1 aromatic heterocycles. The standard InChI is InChI=1S/C38H34F3N3O3S/c39-38(40,41)30-17-15-27(16-18-30)31-13-7-8-14-32(31)36(46)43-21-19-29(20-22-43)35-42-33(25-48-35)37(47)44(23-26-9-3-1-4-10-26)34(24-45)28-11-5-2-6-12-28/h1-18,25,29,34,45H,19-24H2. The second kappa shape index (κ2) is 14.5. The number of carbonyl (C=O) groups is 2. The highest BCUT2D eigenvalue weighted by Gasteiger charge is 2.32. The predicted molar refractivity (Wildman–Crippen MR) is 179 cm³/mol. The molecule has 246 valence electrons. The number of halogens is 3. The van der Waals surface area contributed by atoms with E-state index in [1.54, 1.807) is 39.4 Å². The van der Waals surface area contributed by atoms with Crippen molar-refractivity contribution in [3.63, 3.8) is 0 Å². The third-order valence-electron chi connectivity index (χ3n) is 8.74. The van der Waals surface area contributed by atoms with Gasteiger partial charge in [-0.3, -0.25) is 9.59 Å². The molecule has 6 rings (SSSR count). The quantitative estimate of drug-likeness (QED) is 0.172. The number of hydrogen-bond donors (Lipinski definition) is 1. The van der Waals surface area contributed by atoms with Crippen molar-refractivity contribution in [2.24, 2.45) is 0 Å². The zero-order valence-electron chi connectivity index (χ0n) is 26.0. The lowest BCUT2D eigenvalue weighted by Crippen LogP contribution is -2.38. The molecule has 1 unspecified atom stereocenters. The van der Waals surface area contributed by atoms with Crippen LogP contribution in [0.1, 0.15) is 67.3 Å². The van der Waals surface area contributed by atoms with Crippen molar-refractivity contribution in [2.75, 3.05) is 19.7 Å². The zero-order valence-corrected chi connectivity index (χ0v) is 26.8. The molecule has 0 saturated carbocycles. The highest BCUT2D eigenvalue weighted by molar-refractivity contribution is 7.09. The number of benzene rings is 4. The van der Waals surface area contributed by atoms with Gasteiger partial charge in [-0.25, -0.2) is 4.98 Å². The Morgan fingerprint density at radius 3 is 2.15 bits per heavy atom. The number of aliphatic hydroxyl groups is 1. The molecular formula is C38H34F3N3O3S. The van der Waals surface area contributed by atoms with Crippen LogP contribution in [0.15, 0.2) is 115 Å². The molecule has 5 aromatic rings. The number of piperidine rings is 1. The lowest BCUT2D eigenvalue weighted by atomic mass is 9.94. The second-order valence-corrected chi connectivity index (χ2v) is 12.7. The molecule has 10 heteroatoms. The lowest BCUT2D eigenvalue weighted by Gasteiger charge is -2.32. The summed E-state index contributed by atoms with van der Waals surface area (Å²) < 4.78 is 39.3. The molecule has 1 N–H and O–H groups in total. The summed E-state index contributed by atoms with van der Waals surface area (Å²) in [5, 5.41) is 13.0. The fraction of sp³-hybridized carbons (Fsp3) is 0.237. The van der Waals surface area contributed by atoms with Crippen LogP contribution in [0.4, 0.5) is 13.2 Å². The number of aliphatic hydroxyl groups excluding tert-OH is 1. The Kier molecular flexibility index (Phi) is 10.0. The maximum Gasteiger partial charge on any atom is 0.416 e. The fourth-order valence-corrected chi connectivity index (χ4v) is 7.11. The number of carbonyl (C=O) groups excluding carboxylic acids is 2. The molecule has 1 fully saturated rings. The van der Waals surface area contributed by atoms with Crippen LogP contribution in [-0.4, -0.2) is 51.4 Å². The van der Waals surface area contributed by atoms with Crippen molar-refractivity contribution in [1.29, 1.82) is 0 Å². The number of rotatable bonds is 9. The molecule has 1 aliphatic rings. The maximum atomic E-state index is 14.0. The number of amides is 2. The number of alkyl halides is 3. The van der Waals surface area contributed by atoms with E-state index in [9.17, 15) is 27.9 Å². The van der Waals surface area contributed by atoms with E-state index in [2.05, 4.69) is 0 Å². The van der Waals surface area contributed by atoms with Gasteiger partial charge in [0.15, 0.2) is 0 Å². The fourth-order valence-electron chi connectivity index (χ4n) is 6.14. The zero-order chi connectivity index (χ0) is 33.7. The number of hydrogen-bond acceptors (Lipinski definition) is 5. The van der Waals surface area contributed by atoms with Crippen molar-refractivity contribution in [1.82, 2.24) is 14.8 Å². The second-order valence-electron chi connectivity index (χ2n) is 11.8. The summed E-state index contributed by atoms with van der Waals surface area (Å²) in [5.41, 5.74) is 2.91. The number of thiazole rings is 1. The number of nitrogens with zero attached hydrogens (tertiary/aromatic N) is 3. The van der Waals surface area contributed by atoms with E-state index in [0.717, 1.165) is 28.3 Å². The molecule has 1 atom stereocenters. The summed E-state index contributed by atoms with van der Waals surface area (Å²) in [6, 6.07) is 30.4. The molecule has 0 aliphatic carbocycles. The van der Waals surface area contributed by atoms with Crippen molar-refractivity contribution in [2.45, 2.75) is 37.5 Å². The van der Waals surface area contributed by atoms with Gasteiger partial charge in [0.1, 0.15) is 5.69 Å². The van der Waals surface area contributed by atoms with Gasteiger partial charge in [0.2, 0.25) is 0 Å². The minimum Gasteiger partial charge on any atom is -0.394 e. The molecule has 0 spiro atoms. The number of aromatic nitrogens is 1. The minimum atomic E-state index is -4.44. The maximum absolute atomic E-state index is 14.0. The van der Waals surface area contributed by atoms with Crippen LogP contribution in [0.2, 0.25) is 0 Å². The summed E-state index contributed by atoms with van der Waals surface area (Å²) in [6.45, 7) is 1.03. The van der Waals surface area contributed by atoms with Gasteiger partial charge >= 0.3 is 6.18 Å². The molecule has 1 aliphatic heterocycles. The Balaban J connectivity index is 1.15. The van der Waals surface area contributed by atoms with Crippen LogP contribution in [0.25, 0.3) is 11.1 Å². The van der Waals surface area contributed by atoms with E-state index >= 15 is 0 Å². The summed E-state index contributed by atoms with van der Waals surface area (Å²) in [6.07, 6.45) is -3.12. The van der Waals surface area contributed by atoms with Gasteiger partial charge in [-0.05, 0) is 53.3 Å². The third-order valence-corrected chi connectivity index (χ3v) is 9.75. The van der Waals surface area contributed by atoms with Crippen molar-refractivity contribution >= 4 is 23.2 Å². The summed E-state index contributed by atoms with van der Waals surface area (Å²) in [7, 11) is 0. The Morgan fingerprint density at radius 2 is 1.50 bits per heavy atom. The Bertz CT molecular complexity index is 1840. The molecule has 1 saturated heterocycles. The van der Waals surface area contributed by atoms with Crippen LogP contribution in [0.5, 0.6) is 0 Å². The van der Waals surface area contributed by atoms with Gasteiger partial charge in [0.25, 0.3) is 11.8 Å². The van der Waals surface area contributed by atoms with E-state index in [1.807, 2.05) is 60.7 Å². The summed E-state index contributed by atoms with van der Waals surface area (Å²) in [5.74, 6) is -0.376. The Labute approximate surface area is 281 Å².